The highest BCUT2D eigenvalue weighted by Gasteiger charge is 2.38. The van der Waals surface area contributed by atoms with Gasteiger partial charge in [-0.3, -0.25) is 15.0 Å². The standard InChI is InChI=1S/C23H25N5O2.C2HF3O2/c1-14-19(17-6-4-3-5-7-17)12-20(27-14)23(30)28-15(2)22(29)26-13-16-8-10-18(11-9-16)21(24)25;3-2(4,5)1(6)7/h3-12,15,27H,13H2,1-2H3,(H3,24,25)(H,26,29)(H,28,30);(H,6,7)/t15-;/m0./s1. The molecule has 0 saturated heterocycles. The Labute approximate surface area is 210 Å². The van der Waals surface area contributed by atoms with Crippen LogP contribution in [0.25, 0.3) is 11.1 Å². The topological polar surface area (TPSA) is 161 Å². The van der Waals surface area contributed by atoms with Gasteiger partial charge in [0.25, 0.3) is 5.91 Å². The number of aromatic nitrogens is 1. The zero-order chi connectivity index (χ0) is 27.8. The highest BCUT2D eigenvalue weighted by molar-refractivity contribution is 5.97. The Bertz CT molecular complexity index is 1260. The van der Waals surface area contributed by atoms with Crippen LogP contribution in [0.2, 0.25) is 0 Å². The number of rotatable bonds is 7. The number of nitrogen functional groups attached to an aromatic ring is 1. The number of benzene rings is 2. The molecule has 0 fully saturated rings. The van der Waals surface area contributed by atoms with E-state index in [0.29, 0.717) is 17.8 Å². The molecule has 0 bridgehead atoms. The molecule has 0 radical (unpaired) electrons. The molecule has 1 atom stereocenters. The van der Waals surface area contributed by atoms with Gasteiger partial charge in [-0.15, -0.1) is 0 Å². The summed E-state index contributed by atoms with van der Waals surface area (Å²) in [4.78, 5) is 36.9. The zero-order valence-electron chi connectivity index (χ0n) is 19.9. The maximum absolute atomic E-state index is 12.6. The molecule has 196 valence electrons. The molecule has 0 aliphatic heterocycles. The lowest BCUT2D eigenvalue weighted by molar-refractivity contribution is -0.192. The number of H-pyrrole nitrogens is 1. The summed E-state index contributed by atoms with van der Waals surface area (Å²) in [7, 11) is 0. The van der Waals surface area contributed by atoms with Gasteiger partial charge in [0, 0.05) is 23.4 Å². The van der Waals surface area contributed by atoms with Gasteiger partial charge in [-0.05, 0) is 31.0 Å². The number of aryl methyl sites for hydroxylation is 1. The second-order valence-corrected chi connectivity index (χ2v) is 7.91. The van der Waals surface area contributed by atoms with E-state index < -0.39 is 18.2 Å². The molecule has 0 aliphatic carbocycles. The van der Waals surface area contributed by atoms with Crippen molar-refractivity contribution in [2.24, 2.45) is 5.73 Å². The molecular formula is C25H26F3N5O4. The fraction of sp³-hybridized carbons (Fsp3) is 0.200. The summed E-state index contributed by atoms with van der Waals surface area (Å²) >= 11 is 0. The van der Waals surface area contributed by atoms with E-state index in [-0.39, 0.29) is 17.6 Å². The summed E-state index contributed by atoms with van der Waals surface area (Å²) in [6, 6.07) is 18.0. The Balaban J connectivity index is 0.000000604. The van der Waals surface area contributed by atoms with Crippen LogP contribution in [0.1, 0.15) is 34.2 Å². The van der Waals surface area contributed by atoms with Crippen molar-refractivity contribution in [1.82, 2.24) is 15.6 Å². The molecular weight excluding hydrogens is 491 g/mol. The van der Waals surface area contributed by atoms with Crippen LogP contribution in [0.4, 0.5) is 13.2 Å². The summed E-state index contributed by atoms with van der Waals surface area (Å²) < 4.78 is 31.7. The lowest BCUT2D eigenvalue weighted by atomic mass is 10.1. The first-order valence-electron chi connectivity index (χ1n) is 10.9. The molecule has 9 nitrogen and oxygen atoms in total. The maximum atomic E-state index is 12.6. The number of aliphatic carboxylic acids is 1. The van der Waals surface area contributed by atoms with Crippen molar-refractivity contribution in [1.29, 1.82) is 5.41 Å². The average Bonchev–Trinajstić information content (AvgIpc) is 3.24. The number of amidine groups is 1. The van der Waals surface area contributed by atoms with E-state index in [2.05, 4.69) is 15.6 Å². The van der Waals surface area contributed by atoms with Gasteiger partial charge in [0.1, 0.15) is 17.6 Å². The van der Waals surface area contributed by atoms with Crippen molar-refractivity contribution in [3.8, 4) is 11.1 Å². The Morgan fingerprint density at radius 1 is 1.08 bits per heavy atom. The fourth-order valence-electron chi connectivity index (χ4n) is 3.08. The normalized spacial score (nSPS) is 11.5. The van der Waals surface area contributed by atoms with Crippen LogP contribution in [0.3, 0.4) is 0 Å². The third-order valence-electron chi connectivity index (χ3n) is 5.06. The SMILES string of the molecule is Cc1[nH]c(C(=O)N[C@@H](C)C(=O)NCc2ccc(C(=N)N)cc2)cc1-c1ccccc1.O=C(O)C(F)(F)F. The van der Waals surface area contributed by atoms with Gasteiger partial charge < -0.3 is 26.5 Å². The number of hydrogen-bond acceptors (Lipinski definition) is 4. The number of aromatic amines is 1. The van der Waals surface area contributed by atoms with E-state index in [0.717, 1.165) is 22.4 Å². The van der Waals surface area contributed by atoms with E-state index in [9.17, 15) is 22.8 Å². The molecule has 3 aromatic rings. The van der Waals surface area contributed by atoms with Crippen LogP contribution in [0.15, 0.2) is 60.7 Å². The lowest BCUT2D eigenvalue weighted by Crippen LogP contribution is -2.44. The second-order valence-electron chi connectivity index (χ2n) is 7.91. The molecule has 3 rings (SSSR count). The van der Waals surface area contributed by atoms with Crippen molar-refractivity contribution in [3.05, 3.63) is 83.2 Å². The number of alkyl halides is 3. The molecule has 12 heteroatoms. The predicted octanol–water partition coefficient (Wildman–Crippen LogP) is 3.34. The second kappa shape index (κ2) is 12.4. The molecule has 2 amide bonds. The van der Waals surface area contributed by atoms with Gasteiger partial charge >= 0.3 is 12.1 Å². The number of amides is 2. The monoisotopic (exact) mass is 517 g/mol. The number of carboxylic acids is 1. The third-order valence-corrected chi connectivity index (χ3v) is 5.06. The van der Waals surface area contributed by atoms with Gasteiger partial charge in [0.05, 0.1) is 0 Å². The van der Waals surface area contributed by atoms with E-state index in [1.54, 1.807) is 37.3 Å². The van der Waals surface area contributed by atoms with E-state index >= 15 is 0 Å². The number of carbonyl (C=O) groups excluding carboxylic acids is 2. The van der Waals surface area contributed by atoms with Crippen molar-refractivity contribution in [2.75, 3.05) is 0 Å². The summed E-state index contributed by atoms with van der Waals surface area (Å²) in [6.07, 6.45) is -5.08. The summed E-state index contributed by atoms with van der Waals surface area (Å²) in [5, 5.41) is 20.0. The van der Waals surface area contributed by atoms with E-state index in [1.165, 1.54) is 0 Å². The van der Waals surface area contributed by atoms with Crippen molar-refractivity contribution >= 4 is 23.6 Å². The predicted molar refractivity (Wildman–Crippen MR) is 131 cm³/mol. The first-order chi connectivity index (χ1) is 17.3. The largest absolute Gasteiger partial charge is 0.490 e. The molecule has 0 saturated carbocycles. The molecule has 0 unspecified atom stereocenters. The molecule has 7 N–H and O–H groups in total. The number of nitrogens with one attached hydrogen (secondary N) is 4. The van der Waals surface area contributed by atoms with Crippen LogP contribution in [0, 0.1) is 12.3 Å². The molecule has 1 heterocycles. The number of carbonyl (C=O) groups is 3. The summed E-state index contributed by atoms with van der Waals surface area (Å²) in [5.41, 5.74) is 10.2. The molecule has 0 spiro atoms. The van der Waals surface area contributed by atoms with Gasteiger partial charge in [-0.1, -0.05) is 54.6 Å². The fourth-order valence-corrected chi connectivity index (χ4v) is 3.08. The number of halogens is 3. The van der Waals surface area contributed by atoms with Crippen LogP contribution >= 0.6 is 0 Å². The first kappa shape index (κ1) is 28.6. The van der Waals surface area contributed by atoms with Gasteiger partial charge in [-0.2, -0.15) is 13.2 Å². The zero-order valence-corrected chi connectivity index (χ0v) is 19.9. The van der Waals surface area contributed by atoms with Crippen LogP contribution in [-0.4, -0.2) is 45.9 Å². The van der Waals surface area contributed by atoms with Crippen LogP contribution in [-0.2, 0) is 16.1 Å². The first-order valence-corrected chi connectivity index (χ1v) is 10.9. The smallest absolute Gasteiger partial charge is 0.475 e. The molecule has 0 aliphatic rings. The highest BCUT2D eigenvalue weighted by Crippen LogP contribution is 2.24. The molecule has 1 aromatic heterocycles. The van der Waals surface area contributed by atoms with Gasteiger partial charge in [-0.25, -0.2) is 4.79 Å². The Kier molecular flexibility index (Phi) is 9.58. The Morgan fingerprint density at radius 3 is 2.16 bits per heavy atom. The third kappa shape index (κ3) is 8.53. The number of nitrogens with two attached hydrogens (primary N) is 1. The molecule has 37 heavy (non-hydrogen) atoms. The van der Waals surface area contributed by atoms with Crippen molar-refractivity contribution in [3.63, 3.8) is 0 Å². The minimum atomic E-state index is -5.08. The summed E-state index contributed by atoms with van der Waals surface area (Å²) in [6.45, 7) is 3.86. The summed E-state index contributed by atoms with van der Waals surface area (Å²) in [5.74, 6) is -3.39. The number of carboxylic acid groups (broad SMARTS) is 1. The van der Waals surface area contributed by atoms with Crippen LogP contribution < -0.4 is 16.4 Å². The minimum Gasteiger partial charge on any atom is -0.475 e. The maximum Gasteiger partial charge on any atom is 0.490 e. The Morgan fingerprint density at radius 2 is 1.65 bits per heavy atom. The van der Waals surface area contributed by atoms with E-state index in [4.69, 9.17) is 21.0 Å². The minimum absolute atomic E-state index is 0.00287. The highest BCUT2D eigenvalue weighted by atomic mass is 19.4. The van der Waals surface area contributed by atoms with Crippen LogP contribution in [0.5, 0.6) is 0 Å². The van der Waals surface area contributed by atoms with Crippen molar-refractivity contribution < 1.29 is 32.7 Å². The van der Waals surface area contributed by atoms with Crippen molar-refractivity contribution in [2.45, 2.75) is 32.6 Å². The van der Waals surface area contributed by atoms with E-state index in [1.807, 2.05) is 37.3 Å². The average molecular weight is 518 g/mol. The Hall–Kier alpha value is -4.61. The van der Waals surface area contributed by atoms with Gasteiger partial charge in [0.2, 0.25) is 5.91 Å². The number of hydrogen-bond donors (Lipinski definition) is 6. The molecule has 2 aromatic carbocycles. The lowest BCUT2D eigenvalue weighted by Gasteiger charge is -2.14. The quantitative estimate of drug-likeness (QED) is 0.209. The van der Waals surface area contributed by atoms with Gasteiger partial charge in [0.15, 0.2) is 0 Å².